The molecular formula is C15H16N2O2. The van der Waals surface area contributed by atoms with Crippen LogP contribution in [0.15, 0.2) is 30.3 Å². The van der Waals surface area contributed by atoms with Crippen molar-refractivity contribution in [1.82, 2.24) is 10.2 Å². The molecule has 2 N–H and O–H groups in total. The average molecular weight is 256 g/mol. The van der Waals surface area contributed by atoms with Crippen molar-refractivity contribution in [3.8, 4) is 11.3 Å². The molecule has 1 aliphatic carbocycles. The quantitative estimate of drug-likeness (QED) is 0.884. The Kier molecular flexibility index (Phi) is 3.07. The summed E-state index contributed by atoms with van der Waals surface area (Å²) < 4.78 is 0. The van der Waals surface area contributed by atoms with Crippen molar-refractivity contribution in [2.45, 2.75) is 31.6 Å². The Hall–Kier alpha value is -2.10. The van der Waals surface area contributed by atoms with E-state index in [1.54, 1.807) is 6.07 Å². The van der Waals surface area contributed by atoms with Gasteiger partial charge in [0.05, 0.1) is 5.69 Å². The maximum atomic E-state index is 10.9. The first-order valence-electron chi connectivity index (χ1n) is 6.63. The van der Waals surface area contributed by atoms with Crippen LogP contribution in [0.1, 0.15) is 47.7 Å². The number of aromatic carboxylic acids is 1. The van der Waals surface area contributed by atoms with Crippen LogP contribution in [0.2, 0.25) is 0 Å². The van der Waals surface area contributed by atoms with Gasteiger partial charge in [0.2, 0.25) is 0 Å². The summed E-state index contributed by atoms with van der Waals surface area (Å²) in [7, 11) is 0. The van der Waals surface area contributed by atoms with Crippen LogP contribution in [0.3, 0.4) is 0 Å². The Balaban J connectivity index is 1.91. The molecule has 4 nitrogen and oxygen atoms in total. The number of rotatable bonds is 3. The second-order valence-corrected chi connectivity index (χ2v) is 5.08. The fourth-order valence-corrected chi connectivity index (χ4v) is 2.79. The number of aromatic amines is 1. The van der Waals surface area contributed by atoms with Gasteiger partial charge in [0, 0.05) is 5.56 Å². The molecule has 0 bridgehead atoms. The van der Waals surface area contributed by atoms with Gasteiger partial charge in [-0.15, -0.1) is 0 Å². The van der Waals surface area contributed by atoms with Crippen LogP contribution in [0, 0.1) is 0 Å². The molecule has 0 amide bonds. The molecule has 0 radical (unpaired) electrons. The third-order valence-corrected chi connectivity index (χ3v) is 3.82. The van der Waals surface area contributed by atoms with E-state index in [4.69, 9.17) is 5.11 Å². The lowest BCUT2D eigenvalue weighted by molar-refractivity contribution is 0.0690. The lowest BCUT2D eigenvalue weighted by Gasteiger charge is -2.10. The summed E-state index contributed by atoms with van der Waals surface area (Å²) >= 11 is 0. The van der Waals surface area contributed by atoms with Gasteiger partial charge in [-0.25, -0.2) is 4.79 Å². The molecule has 0 atom stereocenters. The average Bonchev–Trinajstić information content (AvgIpc) is 3.10. The predicted molar refractivity (Wildman–Crippen MR) is 72.2 cm³/mol. The number of hydrogen-bond acceptors (Lipinski definition) is 2. The van der Waals surface area contributed by atoms with E-state index in [1.165, 1.54) is 31.2 Å². The van der Waals surface area contributed by atoms with Gasteiger partial charge in [0.1, 0.15) is 5.69 Å². The second-order valence-electron chi connectivity index (χ2n) is 5.08. The number of carboxylic acids is 1. The molecule has 0 aliphatic heterocycles. The molecule has 0 unspecified atom stereocenters. The van der Waals surface area contributed by atoms with Crippen LogP contribution in [0.5, 0.6) is 0 Å². The number of hydrogen-bond donors (Lipinski definition) is 2. The van der Waals surface area contributed by atoms with Crippen molar-refractivity contribution >= 4 is 5.97 Å². The summed E-state index contributed by atoms with van der Waals surface area (Å²) in [5.41, 5.74) is 3.14. The van der Waals surface area contributed by atoms with E-state index in [2.05, 4.69) is 22.3 Å². The number of H-pyrrole nitrogens is 1. The van der Waals surface area contributed by atoms with E-state index in [0.717, 1.165) is 5.56 Å². The molecule has 1 aliphatic rings. The van der Waals surface area contributed by atoms with Gasteiger partial charge in [-0.05, 0) is 36.5 Å². The molecular weight excluding hydrogens is 240 g/mol. The fraction of sp³-hybridized carbons (Fsp3) is 0.333. The molecule has 1 saturated carbocycles. The highest BCUT2D eigenvalue weighted by Gasteiger charge is 2.17. The number of nitrogens with one attached hydrogen (secondary N) is 1. The summed E-state index contributed by atoms with van der Waals surface area (Å²) in [5, 5.41) is 15.5. The van der Waals surface area contributed by atoms with E-state index < -0.39 is 5.97 Å². The van der Waals surface area contributed by atoms with Gasteiger partial charge in [-0.1, -0.05) is 31.0 Å². The lowest BCUT2D eigenvalue weighted by atomic mass is 9.95. The Bertz CT molecular complexity index is 598. The number of benzene rings is 1. The smallest absolute Gasteiger partial charge is 0.353 e. The second kappa shape index (κ2) is 4.88. The van der Waals surface area contributed by atoms with Gasteiger partial charge >= 0.3 is 5.97 Å². The maximum absolute atomic E-state index is 10.9. The van der Waals surface area contributed by atoms with Crippen LogP contribution in [-0.2, 0) is 0 Å². The number of carboxylic acid groups (broad SMARTS) is 1. The first kappa shape index (κ1) is 12.0. The summed E-state index contributed by atoms with van der Waals surface area (Å²) in [6.07, 6.45) is 5.12. The molecule has 0 saturated heterocycles. The highest BCUT2D eigenvalue weighted by atomic mass is 16.4. The summed E-state index contributed by atoms with van der Waals surface area (Å²) in [6.45, 7) is 0. The number of aromatic nitrogens is 2. The molecule has 1 aromatic carbocycles. The monoisotopic (exact) mass is 256 g/mol. The minimum absolute atomic E-state index is 0.126. The summed E-state index contributed by atoms with van der Waals surface area (Å²) in [5.74, 6) is -0.330. The van der Waals surface area contributed by atoms with Crippen LogP contribution in [0.4, 0.5) is 0 Å². The van der Waals surface area contributed by atoms with Gasteiger partial charge in [-0.2, -0.15) is 5.10 Å². The molecule has 4 heteroatoms. The van der Waals surface area contributed by atoms with Gasteiger partial charge in [-0.3, -0.25) is 5.10 Å². The third kappa shape index (κ3) is 2.38. The Morgan fingerprint density at radius 3 is 2.74 bits per heavy atom. The van der Waals surface area contributed by atoms with Crippen LogP contribution in [-0.4, -0.2) is 21.3 Å². The van der Waals surface area contributed by atoms with Crippen molar-refractivity contribution in [2.24, 2.45) is 0 Å². The number of nitrogens with zero attached hydrogens (tertiary/aromatic N) is 1. The van der Waals surface area contributed by atoms with Gasteiger partial charge in [0.25, 0.3) is 0 Å². The van der Waals surface area contributed by atoms with Crippen LogP contribution < -0.4 is 0 Å². The Morgan fingerprint density at radius 1 is 1.26 bits per heavy atom. The van der Waals surface area contributed by atoms with E-state index in [9.17, 15) is 4.79 Å². The van der Waals surface area contributed by atoms with E-state index in [-0.39, 0.29) is 5.69 Å². The summed E-state index contributed by atoms with van der Waals surface area (Å²) in [4.78, 5) is 10.9. The first-order valence-corrected chi connectivity index (χ1v) is 6.63. The standard InChI is InChI=1S/C15H16N2O2/c18-15(19)14-9-13(16-17-14)12-7-3-6-11(8-12)10-4-1-2-5-10/h3,6-10H,1-2,4-5H2,(H,16,17)(H,18,19). The van der Waals surface area contributed by atoms with Crippen LogP contribution >= 0.6 is 0 Å². The lowest BCUT2D eigenvalue weighted by Crippen LogP contribution is -1.95. The Morgan fingerprint density at radius 2 is 2.05 bits per heavy atom. The molecule has 19 heavy (non-hydrogen) atoms. The normalized spacial score (nSPS) is 15.8. The highest BCUT2D eigenvalue weighted by molar-refractivity contribution is 5.86. The molecule has 0 spiro atoms. The predicted octanol–water partition coefficient (Wildman–Crippen LogP) is 3.43. The summed E-state index contributed by atoms with van der Waals surface area (Å²) in [6, 6.07) is 9.87. The Labute approximate surface area is 111 Å². The SMILES string of the molecule is O=C(O)c1cc(-c2cccc(C3CCCC3)c2)n[nH]1. The van der Waals surface area contributed by atoms with E-state index in [1.807, 2.05) is 12.1 Å². The molecule has 1 heterocycles. The van der Waals surface area contributed by atoms with Crippen molar-refractivity contribution in [3.05, 3.63) is 41.6 Å². The highest BCUT2D eigenvalue weighted by Crippen LogP contribution is 2.35. The zero-order valence-electron chi connectivity index (χ0n) is 10.6. The molecule has 2 aromatic rings. The van der Waals surface area contributed by atoms with Crippen LogP contribution in [0.25, 0.3) is 11.3 Å². The topological polar surface area (TPSA) is 66.0 Å². The molecule has 3 rings (SSSR count). The van der Waals surface area contributed by atoms with Crippen molar-refractivity contribution in [1.29, 1.82) is 0 Å². The zero-order chi connectivity index (χ0) is 13.2. The van der Waals surface area contributed by atoms with Crippen molar-refractivity contribution < 1.29 is 9.90 Å². The maximum Gasteiger partial charge on any atom is 0.353 e. The minimum atomic E-state index is -0.981. The molecule has 1 aromatic heterocycles. The third-order valence-electron chi connectivity index (χ3n) is 3.82. The van der Waals surface area contributed by atoms with Gasteiger partial charge < -0.3 is 5.11 Å². The zero-order valence-corrected chi connectivity index (χ0v) is 10.6. The minimum Gasteiger partial charge on any atom is -0.477 e. The van der Waals surface area contributed by atoms with E-state index in [0.29, 0.717) is 11.6 Å². The molecule has 1 fully saturated rings. The number of carbonyl (C=O) groups is 1. The first-order chi connectivity index (χ1) is 9.24. The largest absolute Gasteiger partial charge is 0.477 e. The van der Waals surface area contributed by atoms with E-state index >= 15 is 0 Å². The van der Waals surface area contributed by atoms with Crippen molar-refractivity contribution in [2.75, 3.05) is 0 Å². The van der Waals surface area contributed by atoms with Gasteiger partial charge in [0.15, 0.2) is 0 Å². The van der Waals surface area contributed by atoms with Crippen molar-refractivity contribution in [3.63, 3.8) is 0 Å². The molecule has 98 valence electrons. The fourth-order valence-electron chi connectivity index (χ4n) is 2.79.